The molecule has 45 heavy (non-hydrogen) atoms. The van der Waals surface area contributed by atoms with Gasteiger partial charge in [0.1, 0.15) is 12.4 Å². The van der Waals surface area contributed by atoms with Crippen molar-refractivity contribution in [2.24, 2.45) is 4.99 Å². The van der Waals surface area contributed by atoms with Gasteiger partial charge >= 0.3 is 5.97 Å². The number of thiazole rings is 1. The lowest BCUT2D eigenvalue weighted by Crippen LogP contribution is -2.40. The second-order valence-electron chi connectivity index (χ2n) is 9.94. The summed E-state index contributed by atoms with van der Waals surface area (Å²) in [6, 6.07) is 16.1. The summed E-state index contributed by atoms with van der Waals surface area (Å²) in [6.45, 7) is 5.91. The maximum absolute atomic E-state index is 14.1. The molecule has 0 saturated heterocycles. The van der Waals surface area contributed by atoms with E-state index in [1.807, 2.05) is 6.92 Å². The molecule has 11 heteroatoms. The van der Waals surface area contributed by atoms with Crippen LogP contribution in [0.25, 0.3) is 6.08 Å². The molecule has 234 valence electrons. The van der Waals surface area contributed by atoms with Crippen molar-refractivity contribution >= 4 is 23.4 Å². The second-order valence-corrected chi connectivity index (χ2v) is 10.9. The van der Waals surface area contributed by atoms with E-state index < -0.39 is 12.0 Å². The molecule has 1 atom stereocenters. The average molecular weight is 633 g/mol. The van der Waals surface area contributed by atoms with Crippen LogP contribution >= 0.6 is 11.3 Å². The van der Waals surface area contributed by atoms with Gasteiger partial charge in [-0.25, -0.2) is 14.2 Å². The standard InChI is InChI=1S/C34H33FN2O7S/c1-6-42-28-18-22(13-15-25(28)40-4)31-30(33(39)43-7-2)20(3)36-34-37(31)32(38)29(45-34)17-21-12-14-26(27(16-21)41-5)44-19-23-10-8-9-11-24(23)35/h8-18,31H,6-7,19H2,1-5H3/b29-17-/t31-/m0/s1. The third-order valence-corrected chi connectivity index (χ3v) is 8.13. The number of fused-ring (bicyclic) bond motifs is 1. The van der Waals surface area contributed by atoms with Gasteiger partial charge in [0.2, 0.25) is 0 Å². The van der Waals surface area contributed by atoms with E-state index in [0.29, 0.717) is 61.3 Å². The summed E-state index contributed by atoms with van der Waals surface area (Å²) >= 11 is 1.21. The minimum atomic E-state index is -0.809. The molecule has 0 bridgehead atoms. The van der Waals surface area contributed by atoms with Crippen LogP contribution in [-0.2, 0) is 16.1 Å². The molecule has 1 aliphatic rings. The van der Waals surface area contributed by atoms with Crippen LogP contribution < -0.4 is 33.8 Å². The third-order valence-electron chi connectivity index (χ3n) is 7.15. The highest BCUT2D eigenvalue weighted by molar-refractivity contribution is 7.07. The SMILES string of the molecule is CCOC(=O)C1=C(C)N=c2s/c(=C\c3ccc(OCc4ccccc4F)c(OC)c3)c(=O)n2[C@H]1c1ccc(OC)c(OCC)c1. The number of ether oxygens (including phenoxy) is 5. The summed E-state index contributed by atoms with van der Waals surface area (Å²) < 4.78 is 44.0. The lowest BCUT2D eigenvalue weighted by atomic mass is 9.95. The number of methoxy groups -OCH3 is 2. The number of benzene rings is 3. The topological polar surface area (TPSA) is 97.6 Å². The van der Waals surface area contributed by atoms with Crippen LogP contribution in [0.15, 0.2) is 81.7 Å². The Morgan fingerprint density at radius 3 is 2.42 bits per heavy atom. The molecule has 0 radical (unpaired) electrons. The lowest BCUT2D eigenvalue weighted by molar-refractivity contribution is -0.139. The first-order valence-electron chi connectivity index (χ1n) is 14.3. The van der Waals surface area contributed by atoms with Crippen LogP contribution in [0.5, 0.6) is 23.0 Å². The number of nitrogens with zero attached hydrogens (tertiary/aromatic N) is 2. The van der Waals surface area contributed by atoms with Gasteiger partial charge in [-0.05, 0) is 68.3 Å². The number of allylic oxidation sites excluding steroid dienone is 1. The zero-order valence-corrected chi connectivity index (χ0v) is 26.4. The largest absolute Gasteiger partial charge is 0.493 e. The molecule has 1 aromatic heterocycles. The molecule has 0 amide bonds. The molecule has 0 saturated carbocycles. The van der Waals surface area contributed by atoms with Crippen molar-refractivity contribution in [3.05, 3.63) is 114 Å². The molecule has 2 heterocycles. The zero-order chi connectivity index (χ0) is 32.1. The normalized spacial score (nSPS) is 14.4. The molecular weight excluding hydrogens is 599 g/mol. The Kier molecular flexibility index (Phi) is 9.68. The van der Waals surface area contributed by atoms with Gasteiger partial charge in [-0.2, -0.15) is 0 Å². The van der Waals surface area contributed by atoms with Gasteiger partial charge in [0, 0.05) is 5.56 Å². The van der Waals surface area contributed by atoms with Crippen molar-refractivity contribution in [1.29, 1.82) is 0 Å². The molecule has 0 spiro atoms. The number of carbonyl (C=O) groups excluding carboxylic acids is 1. The Bertz CT molecular complexity index is 1950. The number of esters is 1. The van der Waals surface area contributed by atoms with Gasteiger partial charge in [-0.15, -0.1) is 0 Å². The molecule has 5 rings (SSSR count). The fourth-order valence-corrected chi connectivity index (χ4v) is 6.10. The molecule has 0 N–H and O–H groups in total. The zero-order valence-electron chi connectivity index (χ0n) is 25.6. The summed E-state index contributed by atoms with van der Waals surface area (Å²) in [7, 11) is 3.06. The Morgan fingerprint density at radius 2 is 1.71 bits per heavy atom. The van der Waals surface area contributed by atoms with Crippen LogP contribution in [0.4, 0.5) is 4.39 Å². The molecule has 0 fully saturated rings. The van der Waals surface area contributed by atoms with Gasteiger partial charge < -0.3 is 23.7 Å². The number of hydrogen-bond acceptors (Lipinski definition) is 9. The second kappa shape index (κ2) is 13.8. The Hall–Kier alpha value is -4.90. The number of aromatic nitrogens is 1. The van der Waals surface area contributed by atoms with E-state index in [2.05, 4.69) is 4.99 Å². The summed E-state index contributed by atoms with van der Waals surface area (Å²) in [5, 5.41) is 0. The first kappa shape index (κ1) is 31.5. The van der Waals surface area contributed by atoms with Crippen molar-refractivity contribution in [3.63, 3.8) is 0 Å². The van der Waals surface area contributed by atoms with Crippen LogP contribution in [0.1, 0.15) is 43.5 Å². The van der Waals surface area contributed by atoms with E-state index in [0.717, 1.165) is 0 Å². The fraction of sp³-hybridized carbons (Fsp3) is 0.265. The highest BCUT2D eigenvalue weighted by Gasteiger charge is 2.34. The van der Waals surface area contributed by atoms with E-state index in [9.17, 15) is 14.0 Å². The van der Waals surface area contributed by atoms with Gasteiger partial charge in [0.05, 0.1) is 49.3 Å². The van der Waals surface area contributed by atoms with Crippen LogP contribution in [0.2, 0.25) is 0 Å². The Balaban J connectivity index is 1.58. The van der Waals surface area contributed by atoms with Gasteiger partial charge in [-0.3, -0.25) is 9.36 Å². The van der Waals surface area contributed by atoms with E-state index in [-0.39, 0.29) is 30.2 Å². The van der Waals surface area contributed by atoms with Gasteiger partial charge in [-0.1, -0.05) is 41.7 Å². The molecule has 4 aromatic rings. The summed E-state index contributed by atoms with van der Waals surface area (Å²) in [5.41, 5.74) is 2.13. The maximum Gasteiger partial charge on any atom is 0.338 e. The molecule has 0 unspecified atom stereocenters. The van der Waals surface area contributed by atoms with Gasteiger partial charge in [0.15, 0.2) is 27.8 Å². The highest BCUT2D eigenvalue weighted by atomic mass is 32.1. The summed E-state index contributed by atoms with van der Waals surface area (Å²) in [6.07, 6.45) is 1.73. The summed E-state index contributed by atoms with van der Waals surface area (Å²) in [4.78, 5) is 32.4. The number of rotatable bonds is 11. The maximum atomic E-state index is 14.1. The lowest BCUT2D eigenvalue weighted by Gasteiger charge is -2.25. The Morgan fingerprint density at radius 1 is 0.956 bits per heavy atom. The minimum absolute atomic E-state index is 0.0273. The van der Waals surface area contributed by atoms with Crippen molar-refractivity contribution in [3.8, 4) is 23.0 Å². The van der Waals surface area contributed by atoms with Crippen molar-refractivity contribution < 1.29 is 32.9 Å². The predicted molar refractivity (Wildman–Crippen MR) is 168 cm³/mol. The van der Waals surface area contributed by atoms with Crippen molar-refractivity contribution in [1.82, 2.24) is 4.57 Å². The molecular formula is C34H33FN2O7S. The quantitative estimate of drug-likeness (QED) is 0.216. The predicted octanol–water partition coefficient (Wildman–Crippen LogP) is 4.93. The average Bonchev–Trinajstić information content (AvgIpc) is 3.34. The first-order chi connectivity index (χ1) is 21.8. The minimum Gasteiger partial charge on any atom is -0.493 e. The molecule has 3 aromatic carbocycles. The monoisotopic (exact) mass is 632 g/mol. The van der Waals surface area contributed by atoms with E-state index in [1.165, 1.54) is 29.1 Å². The van der Waals surface area contributed by atoms with Gasteiger partial charge in [0.25, 0.3) is 5.56 Å². The summed E-state index contributed by atoms with van der Waals surface area (Å²) in [5.74, 6) is 0.962. The number of carbonyl (C=O) groups is 1. The molecule has 9 nitrogen and oxygen atoms in total. The van der Waals surface area contributed by atoms with Crippen LogP contribution in [0.3, 0.4) is 0 Å². The molecule has 0 aliphatic carbocycles. The Labute approximate surface area is 263 Å². The fourth-order valence-electron chi connectivity index (χ4n) is 5.05. The smallest absolute Gasteiger partial charge is 0.338 e. The molecule has 1 aliphatic heterocycles. The van der Waals surface area contributed by atoms with Crippen molar-refractivity contribution in [2.75, 3.05) is 27.4 Å². The number of halogens is 1. The van der Waals surface area contributed by atoms with Crippen molar-refractivity contribution in [2.45, 2.75) is 33.4 Å². The number of hydrogen-bond donors (Lipinski definition) is 0. The van der Waals surface area contributed by atoms with E-state index >= 15 is 0 Å². The first-order valence-corrected chi connectivity index (χ1v) is 15.2. The van der Waals surface area contributed by atoms with E-state index in [1.54, 1.807) is 81.6 Å². The third kappa shape index (κ3) is 6.48. The van der Waals surface area contributed by atoms with E-state index in [4.69, 9.17) is 23.7 Å². The van der Waals surface area contributed by atoms with Crippen LogP contribution in [0, 0.1) is 5.82 Å². The van der Waals surface area contributed by atoms with Crippen LogP contribution in [-0.4, -0.2) is 38.0 Å². The highest BCUT2D eigenvalue weighted by Crippen LogP contribution is 2.36.